The fraction of sp³-hybridized carbons (Fsp3) is 0.970. The van der Waals surface area contributed by atoms with Gasteiger partial charge in [0, 0.05) is 19.4 Å². The van der Waals surface area contributed by atoms with Crippen molar-refractivity contribution in [1.29, 1.82) is 0 Å². The first-order chi connectivity index (χ1) is 17.5. The largest absolute Gasteiger partial charge is 0.463 e. The summed E-state index contributed by atoms with van der Waals surface area (Å²) >= 11 is 0. The van der Waals surface area contributed by atoms with Gasteiger partial charge in [0.25, 0.3) is 0 Å². The quantitative estimate of drug-likeness (QED) is 0.355. The van der Waals surface area contributed by atoms with Crippen LogP contribution in [0.4, 0.5) is 0 Å². The highest BCUT2D eigenvalue weighted by molar-refractivity contribution is 5.66. The van der Waals surface area contributed by atoms with Crippen LogP contribution in [-0.2, 0) is 14.3 Å². The molecule has 1 aliphatic heterocycles. The van der Waals surface area contributed by atoms with Crippen LogP contribution >= 0.6 is 0 Å². The van der Waals surface area contributed by atoms with E-state index in [9.17, 15) is 4.79 Å². The zero-order chi connectivity index (χ0) is 26.6. The molecule has 37 heavy (non-hydrogen) atoms. The maximum absolute atomic E-state index is 11.8. The van der Waals surface area contributed by atoms with Crippen LogP contribution in [0.15, 0.2) is 0 Å². The van der Waals surface area contributed by atoms with Crippen molar-refractivity contribution in [3.8, 4) is 0 Å². The fourth-order valence-corrected chi connectivity index (χ4v) is 11.3. The Morgan fingerprint density at radius 1 is 1.03 bits per heavy atom. The van der Waals surface area contributed by atoms with Crippen LogP contribution in [-0.4, -0.2) is 30.9 Å². The van der Waals surface area contributed by atoms with Crippen LogP contribution in [0.5, 0.6) is 0 Å². The van der Waals surface area contributed by atoms with Crippen LogP contribution in [0.1, 0.15) is 119 Å². The van der Waals surface area contributed by atoms with Crippen molar-refractivity contribution >= 4 is 5.97 Å². The zero-order valence-corrected chi connectivity index (χ0v) is 25.1. The van der Waals surface area contributed by atoms with E-state index in [-0.39, 0.29) is 23.2 Å². The Bertz CT molecular complexity index is 820. The summed E-state index contributed by atoms with van der Waals surface area (Å²) < 4.78 is 12.5. The molecule has 11 atom stereocenters. The lowest BCUT2D eigenvalue weighted by atomic mass is 9.42. The molecule has 0 radical (unpaired) electrons. The van der Waals surface area contributed by atoms with Gasteiger partial charge >= 0.3 is 5.97 Å². The minimum absolute atomic E-state index is 0.0540. The molecule has 1 saturated heterocycles. The van der Waals surface area contributed by atoms with Crippen molar-refractivity contribution in [2.24, 2.45) is 58.2 Å². The van der Waals surface area contributed by atoms with Crippen LogP contribution in [0.3, 0.4) is 0 Å². The van der Waals surface area contributed by atoms with Crippen molar-refractivity contribution in [3.05, 3.63) is 0 Å². The van der Waals surface area contributed by atoms with Crippen LogP contribution in [0.2, 0.25) is 0 Å². The smallest absolute Gasteiger partial charge is 0.302 e. The van der Waals surface area contributed by atoms with E-state index in [2.05, 4.69) is 46.9 Å². The molecule has 4 heteroatoms. The Labute approximate surface area is 227 Å². The molecular weight excluding hydrogens is 458 g/mol. The molecule has 5 aliphatic rings. The Hall–Kier alpha value is -0.610. The van der Waals surface area contributed by atoms with Gasteiger partial charge in [-0.3, -0.25) is 10.1 Å². The van der Waals surface area contributed by atoms with E-state index < -0.39 is 0 Å². The van der Waals surface area contributed by atoms with Crippen molar-refractivity contribution in [2.75, 3.05) is 13.2 Å². The molecule has 0 aromatic carbocycles. The molecule has 0 aromatic heterocycles. The lowest BCUT2D eigenvalue weighted by molar-refractivity contribution is -0.229. The SMILES string of the molecule is CC[C@H](CC[C@@H](C)[C@H]1CC[C@H]2[C@@H]3C[C@]4(NCCO4)[C@H]4C[C@@H](OC(C)=O)CC[C@]4(C)[C@H]3CC[C@]12C)C(C)C. The molecule has 4 aliphatic carbocycles. The lowest BCUT2D eigenvalue weighted by Crippen LogP contribution is -2.66. The van der Waals surface area contributed by atoms with E-state index >= 15 is 0 Å². The Balaban J connectivity index is 1.36. The third-order valence-electron chi connectivity index (χ3n) is 13.1. The standard InChI is InChI=1S/C33H57NO3/c1-8-24(21(2)3)10-9-22(4)27-11-12-28-26-20-33(34-17-18-36-33)30-19-25(37-23(5)35)13-15-32(30,7)29(26)14-16-31(27,28)6/h21-22,24-30,34H,8-20H2,1-7H3/t22-,24-,25+,26+,27-,28+,29+,30+,31-,32-,33-/m1/s1. The van der Waals surface area contributed by atoms with E-state index in [1.165, 1.54) is 51.4 Å². The molecule has 0 bridgehead atoms. The van der Waals surface area contributed by atoms with E-state index in [1.807, 2.05) is 0 Å². The lowest BCUT2D eigenvalue weighted by Gasteiger charge is -2.65. The molecule has 0 amide bonds. The highest BCUT2D eigenvalue weighted by atomic mass is 16.5. The molecule has 0 aromatic rings. The van der Waals surface area contributed by atoms with Crippen molar-refractivity contribution < 1.29 is 14.3 Å². The maximum atomic E-state index is 11.8. The van der Waals surface area contributed by atoms with E-state index in [4.69, 9.17) is 9.47 Å². The van der Waals surface area contributed by atoms with Gasteiger partial charge in [-0.2, -0.15) is 0 Å². The Kier molecular flexibility index (Phi) is 7.86. The van der Waals surface area contributed by atoms with E-state index in [0.717, 1.165) is 73.8 Å². The molecule has 4 saturated carbocycles. The normalized spacial score (nSPS) is 46.8. The fourth-order valence-electron chi connectivity index (χ4n) is 11.3. The average Bonchev–Trinajstić information content (AvgIpc) is 3.44. The monoisotopic (exact) mass is 515 g/mol. The summed E-state index contributed by atoms with van der Waals surface area (Å²) in [5.41, 5.74) is 0.536. The summed E-state index contributed by atoms with van der Waals surface area (Å²) in [6, 6.07) is 0. The average molecular weight is 516 g/mol. The summed E-state index contributed by atoms with van der Waals surface area (Å²) in [5, 5.41) is 3.92. The molecule has 1 heterocycles. The number of hydrogen-bond donors (Lipinski definition) is 1. The summed E-state index contributed by atoms with van der Waals surface area (Å²) in [6.07, 6.45) is 14.1. The molecule has 1 spiro atoms. The zero-order valence-electron chi connectivity index (χ0n) is 25.1. The van der Waals surface area contributed by atoms with Gasteiger partial charge in [-0.15, -0.1) is 0 Å². The van der Waals surface area contributed by atoms with Gasteiger partial charge in [0.2, 0.25) is 0 Å². The third-order valence-corrected chi connectivity index (χ3v) is 13.1. The number of fused-ring (bicyclic) bond motifs is 6. The molecular formula is C33H57NO3. The minimum atomic E-state index is -0.220. The summed E-state index contributed by atoms with van der Waals surface area (Å²) in [6.45, 7) is 18.4. The highest BCUT2D eigenvalue weighted by Gasteiger charge is 2.67. The van der Waals surface area contributed by atoms with Crippen molar-refractivity contribution in [2.45, 2.75) is 131 Å². The van der Waals surface area contributed by atoms with Crippen LogP contribution < -0.4 is 5.32 Å². The first kappa shape index (κ1) is 27.9. The molecule has 1 N–H and O–H groups in total. The van der Waals surface area contributed by atoms with Crippen molar-refractivity contribution in [1.82, 2.24) is 5.32 Å². The second kappa shape index (κ2) is 10.4. The number of carbonyl (C=O) groups excluding carboxylic acids is 1. The molecule has 0 unspecified atom stereocenters. The Morgan fingerprint density at radius 3 is 2.41 bits per heavy atom. The third kappa shape index (κ3) is 4.72. The second-order valence-electron chi connectivity index (χ2n) is 15.0. The van der Waals surface area contributed by atoms with Crippen LogP contribution in [0, 0.1) is 58.2 Å². The molecule has 5 fully saturated rings. The number of carbonyl (C=O) groups is 1. The number of nitrogens with one attached hydrogen (secondary N) is 1. The minimum Gasteiger partial charge on any atom is -0.463 e. The second-order valence-corrected chi connectivity index (χ2v) is 15.0. The van der Waals surface area contributed by atoms with E-state index in [0.29, 0.717) is 11.3 Å². The number of rotatable bonds is 7. The number of esters is 1. The van der Waals surface area contributed by atoms with Gasteiger partial charge in [0.1, 0.15) is 11.8 Å². The predicted octanol–water partition coefficient (Wildman–Crippen LogP) is 7.60. The molecule has 5 rings (SSSR count). The van der Waals surface area contributed by atoms with Crippen molar-refractivity contribution in [3.63, 3.8) is 0 Å². The number of ether oxygens (including phenoxy) is 2. The van der Waals surface area contributed by atoms with Gasteiger partial charge < -0.3 is 9.47 Å². The molecule has 212 valence electrons. The summed E-state index contributed by atoms with van der Waals surface area (Å²) in [7, 11) is 0. The first-order valence-corrected chi connectivity index (χ1v) is 16.1. The van der Waals surface area contributed by atoms with Gasteiger partial charge in [0.05, 0.1) is 6.61 Å². The first-order valence-electron chi connectivity index (χ1n) is 16.1. The Morgan fingerprint density at radius 2 is 1.76 bits per heavy atom. The topological polar surface area (TPSA) is 47.6 Å². The van der Waals surface area contributed by atoms with Gasteiger partial charge in [0.15, 0.2) is 0 Å². The maximum Gasteiger partial charge on any atom is 0.302 e. The highest BCUT2D eigenvalue weighted by Crippen LogP contribution is 2.70. The number of hydrogen-bond acceptors (Lipinski definition) is 4. The van der Waals surface area contributed by atoms with Gasteiger partial charge in [-0.25, -0.2) is 0 Å². The summed E-state index contributed by atoms with van der Waals surface area (Å²) in [4.78, 5) is 11.8. The van der Waals surface area contributed by atoms with Crippen LogP contribution in [0.25, 0.3) is 0 Å². The van der Waals surface area contributed by atoms with E-state index in [1.54, 1.807) is 6.92 Å². The van der Waals surface area contributed by atoms with Gasteiger partial charge in [-0.05, 0) is 110 Å². The summed E-state index contributed by atoms with van der Waals surface area (Å²) in [5.74, 6) is 6.07. The molecule has 4 nitrogen and oxygen atoms in total. The van der Waals surface area contributed by atoms with Gasteiger partial charge in [-0.1, -0.05) is 54.4 Å². The predicted molar refractivity (Wildman–Crippen MR) is 150 cm³/mol.